The summed E-state index contributed by atoms with van der Waals surface area (Å²) in [6.45, 7) is 3.09. The third-order valence-corrected chi connectivity index (χ3v) is 4.72. The zero-order valence-corrected chi connectivity index (χ0v) is 16.3. The first-order chi connectivity index (χ1) is 12.4. The van der Waals surface area contributed by atoms with Crippen molar-refractivity contribution in [1.82, 2.24) is 0 Å². The molecule has 140 valence electrons. The molecule has 0 atom stereocenters. The number of benzene rings is 1. The molecular formula is C23H37NO. The van der Waals surface area contributed by atoms with Crippen molar-refractivity contribution in [2.75, 3.05) is 6.61 Å². The molecule has 0 fully saturated rings. The Morgan fingerprint density at radius 1 is 0.760 bits per heavy atom. The first-order valence-electron chi connectivity index (χ1n) is 10.5. The fourth-order valence-corrected chi connectivity index (χ4v) is 3.09. The van der Waals surface area contributed by atoms with Crippen molar-refractivity contribution in [2.24, 2.45) is 0 Å². The molecule has 0 amide bonds. The number of rotatable bonds is 16. The van der Waals surface area contributed by atoms with Crippen LogP contribution in [0, 0.1) is 11.3 Å². The van der Waals surface area contributed by atoms with E-state index in [9.17, 15) is 0 Å². The monoisotopic (exact) mass is 343 g/mol. The molecule has 0 aliphatic heterocycles. The molecule has 1 rings (SSSR count). The van der Waals surface area contributed by atoms with Crippen LogP contribution in [0.15, 0.2) is 24.3 Å². The van der Waals surface area contributed by atoms with Gasteiger partial charge in [-0.1, -0.05) is 89.7 Å². The van der Waals surface area contributed by atoms with Crippen LogP contribution in [-0.4, -0.2) is 6.61 Å². The Hall–Kier alpha value is -1.49. The molecule has 2 heteroatoms. The number of nitrogens with zero attached hydrogens (tertiary/aromatic N) is 1. The van der Waals surface area contributed by atoms with E-state index in [0.717, 1.165) is 25.2 Å². The van der Waals surface area contributed by atoms with Crippen molar-refractivity contribution in [3.63, 3.8) is 0 Å². The van der Waals surface area contributed by atoms with Crippen molar-refractivity contribution in [3.05, 3.63) is 29.8 Å². The average molecular weight is 344 g/mol. The van der Waals surface area contributed by atoms with Gasteiger partial charge in [-0.25, -0.2) is 0 Å². The second-order valence-electron chi connectivity index (χ2n) is 7.04. The molecular weight excluding hydrogens is 306 g/mol. The fraction of sp³-hybridized carbons (Fsp3) is 0.696. The van der Waals surface area contributed by atoms with E-state index < -0.39 is 0 Å². The Kier molecular flexibility index (Phi) is 13.8. The lowest BCUT2D eigenvalue weighted by Gasteiger charge is -2.07. The molecule has 2 nitrogen and oxygen atoms in total. The maximum absolute atomic E-state index is 8.59. The van der Waals surface area contributed by atoms with Crippen LogP contribution in [0.1, 0.15) is 96.0 Å². The van der Waals surface area contributed by atoms with Crippen molar-refractivity contribution in [1.29, 1.82) is 5.26 Å². The number of nitriles is 1. The molecule has 0 aromatic heterocycles. The molecule has 0 aliphatic carbocycles. The van der Waals surface area contributed by atoms with E-state index in [1.54, 1.807) is 0 Å². The summed E-state index contributed by atoms with van der Waals surface area (Å²) in [5.41, 5.74) is 1.21. The molecule has 25 heavy (non-hydrogen) atoms. The van der Waals surface area contributed by atoms with Gasteiger partial charge in [0.15, 0.2) is 0 Å². The highest BCUT2D eigenvalue weighted by molar-refractivity contribution is 5.27. The third-order valence-electron chi connectivity index (χ3n) is 4.72. The SMILES string of the molecule is CCCCCCCCCCCCCCOc1ccc(CCC#N)cc1. The molecule has 0 radical (unpaired) electrons. The second kappa shape index (κ2) is 16.0. The highest BCUT2D eigenvalue weighted by Gasteiger charge is 1.97. The quantitative estimate of drug-likeness (QED) is 0.297. The molecule has 0 saturated carbocycles. The molecule has 1 aromatic carbocycles. The summed E-state index contributed by atoms with van der Waals surface area (Å²) < 4.78 is 5.79. The largest absolute Gasteiger partial charge is 0.494 e. The normalized spacial score (nSPS) is 10.6. The van der Waals surface area contributed by atoms with Crippen LogP contribution < -0.4 is 4.74 Å². The highest BCUT2D eigenvalue weighted by atomic mass is 16.5. The summed E-state index contributed by atoms with van der Waals surface area (Å²) in [5, 5.41) is 8.59. The first kappa shape index (κ1) is 21.6. The van der Waals surface area contributed by atoms with E-state index in [-0.39, 0.29) is 0 Å². The Balaban J connectivity index is 1.88. The summed E-state index contributed by atoms with van der Waals surface area (Å²) >= 11 is 0. The minimum absolute atomic E-state index is 0.582. The molecule has 0 saturated heterocycles. The van der Waals surface area contributed by atoms with E-state index >= 15 is 0 Å². The Labute approximate surface area is 155 Å². The van der Waals surface area contributed by atoms with Gasteiger partial charge in [0.2, 0.25) is 0 Å². The fourth-order valence-electron chi connectivity index (χ4n) is 3.09. The van der Waals surface area contributed by atoms with Gasteiger partial charge in [0.05, 0.1) is 12.7 Å². The van der Waals surface area contributed by atoms with E-state index in [1.165, 1.54) is 76.2 Å². The predicted octanol–water partition coefficient (Wildman–Crippen LogP) is 7.22. The van der Waals surface area contributed by atoms with Crippen LogP contribution in [0.4, 0.5) is 0 Å². The molecule has 0 aliphatic rings. The highest BCUT2D eigenvalue weighted by Crippen LogP contribution is 2.15. The van der Waals surface area contributed by atoms with Gasteiger partial charge in [-0.3, -0.25) is 0 Å². The number of hydrogen-bond donors (Lipinski definition) is 0. The molecule has 0 spiro atoms. The summed E-state index contributed by atoms with van der Waals surface area (Å²) in [4.78, 5) is 0. The molecule has 0 bridgehead atoms. The lowest BCUT2D eigenvalue weighted by molar-refractivity contribution is 0.304. The zero-order valence-electron chi connectivity index (χ0n) is 16.3. The van der Waals surface area contributed by atoms with Crippen LogP contribution in [0.2, 0.25) is 0 Å². The first-order valence-corrected chi connectivity index (χ1v) is 10.5. The average Bonchev–Trinajstić information content (AvgIpc) is 2.65. The van der Waals surface area contributed by atoms with E-state index in [2.05, 4.69) is 25.1 Å². The number of unbranched alkanes of at least 4 members (excludes halogenated alkanes) is 11. The van der Waals surface area contributed by atoms with Gasteiger partial charge in [0, 0.05) is 6.42 Å². The van der Waals surface area contributed by atoms with E-state index in [1.807, 2.05) is 12.1 Å². The summed E-state index contributed by atoms with van der Waals surface area (Å²) in [6, 6.07) is 10.4. The van der Waals surface area contributed by atoms with Gasteiger partial charge >= 0.3 is 0 Å². The lowest BCUT2D eigenvalue weighted by atomic mass is 10.1. The smallest absolute Gasteiger partial charge is 0.119 e. The minimum atomic E-state index is 0.582. The second-order valence-corrected chi connectivity index (χ2v) is 7.04. The molecule has 1 aromatic rings. The Morgan fingerprint density at radius 2 is 1.28 bits per heavy atom. The topological polar surface area (TPSA) is 33.0 Å². The maximum atomic E-state index is 8.59. The number of aryl methyl sites for hydroxylation is 1. The number of ether oxygens (including phenoxy) is 1. The van der Waals surface area contributed by atoms with Gasteiger partial charge in [-0.15, -0.1) is 0 Å². The van der Waals surface area contributed by atoms with Crippen LogP contribution in [0.25, 0.3) is 0 Å². The summed E-state index contributed by atoms with van der Waals surface area (Å²) in [5.74, 6) is 0.948. The van der Waals surface area contributed by atoms with Crippen molar-refractivity contribution in [3.8, 4) is 11.8 Å². The predicted molar refractivity (Wildman–Crippen MR) is 107 cm³/mol. The maximum Gasteiger partial charge on any atom is 0.119 e. The van der Waals surface area contributed by atoms with Gasteiger partial charge in [-0.2, -0.15) is 5.26 Å². The van der Waals surface area contributed by atoms with Gasteiger partial charge < -0.3 is 4.74 Å². The van der Waals surface area contributed by atoms with Crippen molar-refractivity contribution >= 4 is 0 Å². The lowest BCUT2D eigenvalue weighted by Crippen LogP contribution is -1.97. The zero-order chi connectivity index (χ0) is 18.0. The molecule has 0 unspecified atom stereocenters. The van der Waals surface area contributed by atoms with Crippen molar-refractivity contribution in [2.45, 2.75) is 96.8 Å². The van der Waals surface area contributed by atoms with Crippen LogP contribution in [-0.2, 0) is 6.42 Å². The summed E-state index contributed by atoms with van der Waals surface area (Å²) in [6.07, 6.45) is 17.8. The van der Waals surface area contributed by atoms with Crippen LogP contribution >= 0.6 is 0 Å². The van der Waals surface area contributed by atoms with Crippen LogP contribution in [0.3, 0.4) is 0 Å². The molecule has 0 N–H and O–H groups in total. The van der Waals surface area contributed by atoms with E-state index in [0.29, 0.717) is 6.42 Å². The Bertz CT molecular complexity index is 446. The van der Waals surface area contributed by atoms with Crippen molar-refractivity contribution < 1.29 is 4.74 Å². The standard InChI is InChI=1S/C23H37NO/c1-2-3-4-5-6-7-8-9-10-11-12-13-21-25-23-18-16-22(17-19-23)15-14-20-24/h16-19H,2-15,21H2,1H3. The van der Waals surface area contributed by atoms with Gasteiger partial charge in [0.25, 0.3) is 0 Å². The van der Waals surface area contributed by atoms with E-state index in [4.69, 9.17) is 10.00 Å². The number of hydrogen-bond acceptors (Lipinski definition) is 2. The minimum Gasteiger partial charge on any atom is -0.494 e. The van der Waals surface area contributed by atoms with Gasteiger partial charge in [-0.05, 0) is 30.5 Å². The van der Waals surface area contributed by atoms with Crippen LogP contribution in [0.5, 0.6) is 5.75 Å². The van der Waals surface area contributed by atoms with Gasteiger partial charge in [0.1, 0.15) is 5.75 Å². The third kappa shape index (κ3) is 12.5. The Morgan fingerprint density at radius 3 is 1.80 bits per heavy atom. The molecule has 0 heterocycles. The summed E-state index contributed by atoms with van der Waals surface area (Å²) in [7, 11) is 0.